The summed E-state index contributed by atoms with van der Waals surface area (Å²) in [6.07, 6.45) is 0.867. The van der Waals surface area contributed by atoms with E-state index in [2.05, 4.69) is 0 Å². The van der Waals surface area contributed by atoms with E-state index < -0.39 is 0 Å². The maximum absolute atomic E-state index is 10.5. The molecule has 18 heavy (non-hydrogen) atoms. The lowest BCUT2D eigenvalue weighted by Gasteiger charge is -2.09. The molecule has 0 saturated carbocycles. The normalized spacial score (nSPS) is 14.7. The summed E-state index contributed by atoms with van der Waals surface area (Å²) in [6, 6.07) is 13.7. The topological polar surface area (TPSA) is 35.5 Å². The van der Waals surface area contributed by atoms with Crippen LogP contribution in [0.4, 0.5) is 0 Å². The zero-order chi connectivity index (χ0) is 12.6. The van der Waals surface area contributed by atoms with Crippen molar-refractivity contribution in [2.75, 3.05) is 26.4 Å². The van der Waals surface area contributed by atoms with Gasteiger partial charge in [0.05, 0.1) is 26.4 Å². The number of hydrogen-bond acceptors (Lipinski definition) is 3. The van der Waals surface area contributed by atoms with E-state index in [1.165, 1.54) is 5.39 Å². The molecule has 94 valence electrons. The van der Waals surface area contributed by atoms with E-state index in [-0.39, 0.29) is 0 Å². The minimum absolute atomic E-state index is 0.730. The second-order valence-electron chi connectivity index (χ2n) is 3.95. The average Bonchev–Trinajstić information content (AvgIpc) is 2.49. The Hall–Kier alpha value is -1.71. The molecule has 0 atom stereocenters. The van der Waals surface area contributed by atoms with Crippen molar-refractivity contribution < 1.29 is 14.3 Å². The molecular formula is C15H16O3. The number of ether oxygens (including phenoxy) is 2. The first-order valence-electron chi connectivity index (χ1n) is 5.99. The third-order valence-electron chi connectivity index (χ3n) is 2.65. The van der Waals surface area contributed by atoms with Crippen LogP contribution in [-0.2, 0) is 9.47 Å². The van der Waals surface area contributed by atoms with Gasteiger partial charge in [-0.3, -0.25) is 4.79 Å². The zero-order valence-corrected chi connectivity index (χ0v) is 10.2. The summed E-state index contributed by atoms with van der Waals surface area (Å²) in [4.78, 5) is 10.5. The lowest BCUT2D eigenvalue weighted by molar-refractivity contribution is -0.0334. The van der Waals surface area contributed by atoms with Crippen LogP contribution in [0.5, 0.6) is 0 Å². The summed E-state index contributed by atoms with van der Waals surface area (Å²) in [5, 5.41) is 2.28. The van der Waals surface area contributed by atoms with Gasteiger partial charge in [-0.1, -0.05) is 36.4 Å². The highest BCUT2D eigenvalue weighted by atomic mass is 16.6. The van der Waals surface area contributed by atoms with E-state index in [1.54, 1.807) is 0 Å². The van der Waals surface area contributed by atoms with Crippen LogP contribution >= 0.6 is 0 Å². The van der Waals surface area contributed by atoms with Crippen LogP contribution in [0.2, 0.25) is 0 Å². The molecule has 0 unspecified atom stereocenters. The molecular weight excluding hydrogens is 228 g/mol. The molecule has 0 radical (unpaired) electrons. The van der Waals surface area contributed by atoms with Crippen LogP contribution in [-0.4, -0.2) is 32.7 Å². The van der Waals surface area contributed by atoms with Gasteiger partial charge in [0.2, 0.25) is 0 Å². The van der Waals surface area contributed by atoms with Gasteiger partial charge in [-0.05, 0) is 16.8 Å². The predicted octanol–water partition coefficient (Wildman–Crippen LogP) is 2.69. The molecule has 2 aromatic carbocycles. The number of aldehydes is 1. The molecule has 3 heteroatoms. The summed E-state index contributed by atoms with van der Waals surface area (Å²) in [6.45, 7) is 3.11. The fourth-order valence-electron chi connectivity index (χ4n) is 1.72. The molecule has 0 spiro atoms. The van der Waals surface area contributed by atoms with Crippen LogP contribution < -0.4 is 0 Å². The van der Waals surface area contributed by atoms with E-state index in [4.69, 9.17) is 9.47 Å². The number of benzene rings is 2. The lowest BCUT2D eigenvalue weighted by atomic mass is 10.1. The first-order chi connectivity index (χ1) is 8.90. The molecule has 3 rings (SSSR count). The van der Waals surface area contributed by atoms with Gasteiger partial charge in [0.25, 0.3) is 0 Å². The number of carbonyl (C=O) groups excluding carboxylic acids is 1. The van der Waals surface area contributed by atoms with Crippen LogP contribution in [0.3, 0.4) is 0 Å². The van der Waals surface area contributed by atoms with E-state index >= 15 is 0 Å². The van der Waals surface area contributed by atoms with E-state index in [1.807, 2.05) is 42.5 Å². The van der Waals surface area contributed by atoms with E-state index in [9.17, 15) is 4.79 Å². The van der Waals surface area contributed by atoms with Crippen molar-refractivity contribution in [1.82, 2.24) is 0 Å². The highest BCUT2D eigenvalue weighted by Crippen LogP contribution is 2.14. The third kappa shape index (κ3) is 3.65. The molecule has 1 aliphatic rings. The van der Waals surface area contributed by atoms with Crippen molar-refractivity contribution in [1.29, 1.82) is 0 Å². The Labute approximate surface area is 106 Å². The fraction of sp³-hybridized carbons (Fsp3) is 0.267. The number of rotatable bonds is 1. The maximum Gasteiger partial charge on any atom is 0.150 e. The Kier molecular flexibility index (Phi) is 4.88. The highest BCUT2D eigenvalue weighted by molar-refractivity contribution is 5.88. The van der Waals surface area contributed by atoms with Crippen LogP contribution in [0.25, 0.3) is 10.8 Å². The Morgan fingerprint density at radius 2 is 1.44 bits per heavy atom. The Morgan fingerprint density at radius 1 is 0.833 bits per heavy atom. The first kappa shape index (κ1) is 12.7. The number of fused-ring (bicyclic) bond motifs is 1. The van der Waals surface area contributed by atoms with Crippen LogP contribution in [0.15, 0.2) is 42.5 Å². The molecule has 1 fully saturated rings. The second kappa shape index (κ2) is 6.89. The van der Waals surface area contributed by atoms with Crippen molar-refractivity contribution in [3.63, 3.8) is 0 Å². The molecule has 0 aromatic heterocycles. The predicted molar refractivity (Wildman–Crippen MR) is 71.0 cm³/mol. The van der Waals surface area contributed by atoms with Gasteiger partial charge in [0.15, 0.2) is 0 Å². The Balaban J connectivity index is 0.000000169. The lowest BCUT2D eigenvalue weighted by Crippen LogP contribution is -2.16. The van der Waals surface area contributed by atoms with Crippen molar-refractivity contribution in [3.05, 3.63) is 48.0 Å². The van der Waals surface area contributed by atoms with Crippen molar-refractivity contribution in [2.24, 2.45) is 0 Å². The van der Waals surface area contributed by atoms with Gasteiger partial charge in [-0.15, -0.1) is 0 Å². The number of hydrogen-bond donors (Lipinski definition) is 0. The molecule has 2 aromatic rings. The summed E-state index contributed by atoms with van der Waals surface area (Å²) in [5.74, 6) is 0. The van der Waals surface area contributed by atoms with Crippen LogP contribution in [0.1, 0.15) is 10.4 Å². The monoisotopic (exact) mass is 244 g/mol. The van der Waals surface area contributed by atoms with Crippen molar-refractivity contribution in [3.8, 4) is 0 Å². The molecule has 0 N–H and O–H groups in total. The Bertz CT molecular complexity index is 492. The van der Waals surface area contributed by atoms with Gasteiger partial charge in [-0.25, -0.2) is 0 Å². The molecule has 1 aliphatic heterocycles. The first-order valence-corrected chi connectivity index (χ1v) is 5.99. The van der Waals surface area contributed by atoms with E-state index in [0.717, 1.165) is 43.7 Å². The maximum atomic E-state index is 10.5. The number of carbonyl (C=O) groups is 1. The largest absolute Gasteiger partial charge is 0.377 e. The third-order valence-corrected chi connectivity index (χ3v) is 2.65. The van der Waals surface area contributed by atoms with Gasteiger partial charge in [0.1, 0.15) is 6.29 Å². The second-order valence-corrected chi connectivity index (χ2v) is 3.95. The summed E-state index contributed by atoms with van der Waals surface area (Å²) in [5.41, 5.74) is 0.730. The van der Waals surface area contributed by atoms with E-state index in [0.29, 0.717) is 0 Å². The molecule has 0 bridgehead atoms. The molecule has 3 nitrogen and oxygen atoms in total. The zero-order valence-electron chi connectivity index (χ0n) is 10.2. The molecule has 0 amide bonds. The minimum atomic E-state index is 0.730. The molecule has 1 heterocycles. The van der Waals surface area contributed by atoms with Gasteiger partial charge < -0.3 is 9.47 Å². The standard InChI is InChI=1S/C11H8O.C4H8O2/c12-8-9-5-6-10-3-1-2-4-11(10)7-9;1-2-6-4-3-5-1/h1-8H;1-4H2. The van der Waals surface area contributed by atoms with Crippen molar-refractivity contribution >= 4 is 17.1 Å². The fourth-order valence-corrected chi connectivity index (χ4v) is 1.72. The minimum Gasteiger partial charge on any atom is -0.377 e. The SMILES string of the molecule is C1COCCO1.O=Cc1ccc2ccccc2c1. The molecule has 1 saturated heterocycles. The van der Waals surface area contributed by atoms with Crippen molar-refractivity contribution in [2.45, 2.75) is 0 Å². The smallest absolute Gasteiger partial charge is 0.150 e. The molecule has 0 aliphatic carbocycles. The highest BCUT2D eigenvalue weighted by Gasteiger charge is 1.94. The average molecular weight is 244 g/mol. The summed E-state index contributed by atoms with van der Waals surface area (Å²) >= 11 is 0. The van der Waals surface area contributed by atoms with Gasteiger partial charge in [0, 0.05) is 5.56 Å². The van der Waals surface area contributed by atoms with Gasteiger partial charge in [-0.2, -0.15) is 0 Å². The quantitative estimate of drug-likeness (QED) is 0.723. The Morgan fingerprint density at radius 3 is 2.00 bits per heavy atom. The summed E-state index contributed by atoms with van der Waals surface area (Å²) < 4.78 is 9.89. The summed E-state index contributed by atoms with van der Waals surface area (Å²) in [7, 11) is 0. The van der Waals surface area contributed by atoms with Gasteiger partial charge >= 0.3 is 0 Å². The van der Waals surface area contributed by atoms with Crippen LogP contribution in [0, 0.1) is 0 Å².